The van der Waals surface area contributed by atoms with E-state index in [1.165, 1.54) is 5.56 Å². The highest BCUT2D eigenvalue weighted by molar-refractivity contribution is 5.49. The number of carbonyl (C=O) groups is 1. The number of unbranched alkanes of at least 4 members (excludes halogenated alkanes) is 1. The van der Waals surface area contributed by atoms with Crippen molar-refractivity contribution in [1.82, 2.24) is 4.98 Å². The Morgan fingerprint density at radius 2 is 2.14 bits per heavy atom. The Hall–Kier alpha value is -1.52. The van der Waals surface area contributed by atoms with Crippen LogP contribution in [0.1, 0.15) is 49.8 Å². The van der Waals surface area contributed by atoms with Crippen LogP contribution in [0.2, 0.25) is 0 Å². The molecule has 21 heavy (non-hydrogen) atoms. The van der Waals surface area contributed by atoms with Crippen molar-refractivity contribution in [1.29, 1.82) is 0 Å². The SMILES string of the molecule is O=CCCC(F)(F)CCCCc1ccc2c(n1)NCCC2. The summed E-state index contributed by atoms with van der Waals surface area (Å²) in [4.78, 5) is 14.7. The van der Waals surface area contributed by atoms with Gasteiger partial charge in [-0.2, -0.15) is 0 Å². The number of hydrogen-bond acceptors (Lipinski definition) is 3. The number of aldehydes is 1. The van der Waals surface area contributed by atoms with E-state index in [0.717, 1.165) is 37.3 Å². The fourth-order valence-electron chi connectivity index (χ4n) is 2.59. The molecule has 0 fully saturated rings. The second-order valence-corrected chi connectivity index (χ2v) is 5.61. The Morgan fingerprint density at radius 1 is 1.29 bits per heavy atom. The number of carbonyl (C=O) groups excluding carboxylic acids is 1. The van der Waals surface area contributed by atoms with Crippen LogP contribution in [-0.4, -0.2) is 23.7 Å². The number of pyridine rings is 1. The van der Waals surface area contributed by atoms with E-state index in [-0.39, 0.29) is 19.3 Å². The summed E-state index contributed by atoms with van der Waals surface area (Å²) >= 11 is 0. The van der Waals surface area contributed by atoms with Crippen LogP contribution >= 0.6 is 0 Å². The molecule has 2 rings (SSSR count). The van der Waals surface area contributed by atoms with Crippen LogP contribution in [0.15, 0.2) is 12.1 Å². The van der Waals surface area contributed by atoms with Crippen LogP contribution < -0.4 is 5.32 Å². The lowest BCUT2D eigenvalue weighted by molar-refractivity contribution is -0.110. The molecule has 0 aliphatic carbocycles. The van der Waals surface area contributed by atoms with Gasteiger partial charge in [0.05, 0.1) is 0 Å². The van der Waals surface area contributed by atoms with Gasteiger partial charge in [0, 0.05) is 31.5 Å². The molecule has 116 valence electrons. The number of halogens is 2. The normalized spacial score (nSPS) is 14.4. The molecule has 1 aliphatic heterocycles. The molecule has 1 aromatic rings. The molecule has 1 aromatic heterocycles. The molecule has 0 radical (unpaired) electrons. The van der Waals surface area contributed by atoms with Crippen LogP contribution in [0, 0.1) is 0 Å². The van der Waals surface area contributed by atoms with Crippen LogP contribution in [0.3, 0.4) is 0 Å². The number of rotatable bonds is 8. The van der Waals surface area contributed by atoms with Crippen molar-refractivity contribution < 1.29 is 13.6 Å². The molecule has 0 bridgehead atoms. The van der Waals surface area contributed by atoms with Crippen molar-refractivity contribution in [3.05, 3.63) is 23.4 Å². The maximum atomic E-state index is 13.4. The molecule has 0 saturated heterocycles. The number of hydrogen-bond donors (Lipinski definition) is 1. The first kappa shape index (κ1) is 15.9. The average molecular weight is 296 g/mol. The molecular formula is C16H22F2N2O. The van der Waals surface area contributed by atoms with Gasteiger partial charge in [-0.25, -0.2) is 13.8 Å². The maximum absolute atomic E-state index is 13.4. The summed E-state index contributed by atoms with van der Waals surface area (Å²) in [6, 6.07) is 4.08. The molecule has 0 aromatic carbocycles. The summed E-state index contributed by atoms with van der Waals surface area (Å²) in [6.45, 7) is 0.951. The van der Waals surface area contributed by atoms with Gasteiger partial charge in [-0.1, -0.05) is 6.07 Å². The van der Waals surface area contributed by atoms with Crippen LogP contribution in [-0.2, 0) is 17.6 Å². The highest BCUT2D eigenvalue weighted by Crippen LogP contribution is 2.27. The lowest BCUT2D eigenvalue weighted by Gasteiger charge is -2.17. The molecule has 0 amide bonds. The molecular weight excluding hydrogens is 274 g/mol. The minimum atomic E-state index is -2.72. The van der Waals surface area contributed by atoms with Gasteiger partial charge in [-0.15, -0.1) is 0 Å². The van der Waals surface area contributed by atoms with Crippen molar-refractivity contribution in [3.63, 3.8) is 0 Å². The molecule has 5 heteroatoms. The third-order valence-corrected chi connectivity index (χ3v) is 3.81. The second-order valence-electron chi connectivity index (χ2n) is 5.61. The second kappa shape index (κ2) is 7.48. The van der Waals surface area contributed by atoms with E-state index in [1.807, 2.05) is 6.07 Å². The summed E-state index contributed by atoms with van der Waals surface area (Å²) < 4.78 is 26.8. The summed E-state index contributed by atoms with van der Waals surface area (Å²) in [5, 5.41) is 3.28. The minimum Gasteiger partial charge on any atom is -0.370 e. The largest absolute Gasteiger partial charge is 0.370 e. The van der Waals surface area contributed by atoms with Gasteiger partial charge in [-0.3, -0.25) is 0 Å². The van der Waals surface area contributed by atoms with Gasteiger partial charge in [0.15, 0.2) is 0 Å². The Bertz CT molecular complexity index is 477. The Labute approximate surface area is 124 Å². The lowest BCUT2D eigenvalue weighted by Crippen LogP contribution is -2.16. The highest BCUT2D eigenvalue weighted by Gasteiger charge is 2.27. The quantitative estimate of drug-likeness (QED) is 0.586. The van der Waals surface area contributed by atoms with Crippen molar-refractivity contribution in [2.75, 3.05) is 11.9 Å². The van der Waals surface area contributed by atoms with E-state index in [0.29, 0.717) is 19.1 Å². The van der Waals surface area contributed by atoms with E-state index >= 15 is 0 Å². The zero-order valence-electron chi connectivity index (χ0n) is 12.2. The molecule has 0 saturated carbocycles. The first-order valence-electron chi connectivity index (χ1n) is 7.65. The maximum Gasteiger partial charge on any atom is 0.248 e. The van der Waals surface area contributed by atoms with E-state index in [4.69, 9.17) is 0 Å². The van der Waals surface area contributed by atoms with Gasteiger partial charge >= 0.3 is 0 Å². The number of nitrogens with zero attached hydrogens (tertiary/aromatic N) is 1. The first-order chi connectivity index (χ1) is 10.1. The monoisotopic (exact) mass is 296 g/mol. The predicted octanol–water partition coefficient (Wildman–Crippen LogP) is 3.77. The van der Waals surface area contributed by atoms with Crippen molar-refractivity contribution in [3.8, 4) is 0 Å². The van der Waals surface area contributed by atoms with E-state index in [2.05, 4.69) is 16.4 Å². The third-order valence-electron chi connectivity index (χ3n) is 3.81. The summed E-state index contributed by atoms with van der Waals surface area (Å²) in [7, 11) is 0. The number of alkyl halides is 2. The Morgan fingerprint density at radius 3 is 2.95 bits per heavy atom. The van der Waals surface area contributed by atoms with Gasteiger partial charge in [-0.05, 0) is 43.7 Å². The molecule has 3 nitrogen and oxygen atoms in total. The standard InChI is InChI=1S/C16H22F2N2O/c17-16(18,10-4-12-21)9-2-1-6-14-8-7-13-5-3-11-19-15(13)20-14/h7-8,12H,1-6,9-11H2,(H,19,20). The topological polar surface area (TPSA) is 42.0 Å². The van der Waals surface area contributed by atoms with E-state index < -0.39 is 5.92 Å². The lowest BCUT2D eigenvalue weighted by atomic mass is 10.0. The van der Waals surface area contributed by atoms with Crippen molar-refractivity contribution in [2.45, 2.75) is 57.3 Å². The van der Waals surface area contributed by atoms with Gasteiger partial charge in [0.2, 0.25) is 5.92 Å². The molecule has 0 spiro atoms. The molecule has 1 aliphatic rings. The van der Waals surface area contributed by atoms with Crippen LogP contribution in [0.25, 0.3) is 0 Å². The predicted molar refractivity (Wildman–Crippen MR) is 78.8 cm³/mol. The number of fused-ring (bicyclic) bond motifs is 1. The highest BCUT2D eigenvalue weighted by atomic mass is 19.3. The summed E-state index contributed by atoms with van der Waals surface area (Å²) in [6.07, 6.45) is 4.06. The van der Waals surface area contributed by atoms with E-state index in [9.17, 15) is 13.6 Å². The molecule has 0 unspecified atom stereocenters. The average Bonchev–Trinajstić information content (AvgIpc) is 2.49. The third kappa shape index (κ3) is 5.06. The summed E-state index contributed by atoms with van der Waals surface area (Å²) in [5.74, 6) is -1.76. The fraction of sp³-hybridized carbons (Fsp3) is 0.625. The molecule has 0 atom stereocenters. The first-order valence-corrected chi connectivity index (χ1v) is 7.65. The van der Waals surface area contributed by atoms with E-state index in [1.54, 1.807) is 0 Å². The van der Waals surface area contributed by atoms with Crippen molar-refractivity contribution >= 4 is 12.1 Å². The van der Waals surface area contributed by atoms with Gasteiger partial charge < -0.3 is 10.1 Å². The number of aryl methyl sites for hydroxylation is 2. The molecule has 2 heterocycles. The van der Waals surface area contributed by atoms with Crippen LogP contribution in [0.5, 0.6) is 0 Å². The number of aromatic nitrogens is 1. The van der Waals surface area contributed by atoms with Crippen LogP contribution in [0.4, 0.5) is 14.6 Å². The summed E-state index contributed by atoms with van der Waals surface area (Å²) in [5.41, 5.74) is 2.20. The number of anilines is 1. The Kier molecular flexibility index (Phi) is 5.65. The van der Waals surface area contributed by atoms with Gasteiger partial charge in [0.25, 0.3) is 0 Å². The zero-order chi connectivity index (χ0) is 15.1. The number of nitrogens with one attached hydrogen (secondary N) is 1. The Balaban J connectivity index is 1.75. The fourth-order valence-corrected chi connectivity index (χ4v) is 2.59. The molecule has 1 N–H and O–H groups in total. The zero-order valence-corrected chi connectivity index (χ0v) is 12.2. The van der Waals surface area contributed by atoms with Crippen molar-refractivity contribution in [2.24, 2.45) is 0 Å². The minimum absolute atomic E-state index is 0.0644. The smallest absolute Gasteiger partial charge is 0.248 e. The van der Waals surface area contributed by atoms with Gasteiger partial charge in [0.1, 0.15) is 12.1 Å².